The highest BCUT2D eigenvalue weighted by Gasteiger charge is 2.35. The lowest BCUT2D eigenvalue weighted by Gasteiger charge is -2.36. The minimum atomic E-state index is 0.0669. The van der Waals surface area contributed by atoms with E-state index < -0.39 is 0 Å². The predicted octanol–water partition coefficient (Wildman–Crippen LogP) is 3.92. The van der Waals surface area contributed by atoms with Gasteiger partial charge >= 0.3 is 0 Å². The molecule has 2 aliphatic rings. The fourth-order valence-electron chi connectivity index (χ4n) is 3.52. The van der Waals surface area contributed by atoms with Gasteiger partial charge in [0.25, 0.3) is 0 Å². The number of hydrogen-bond donors (Lipinski definition) is 0. The molecule has 20 heavy (non-hydrogen) atoms. The lowest BCUT2D eigenvalue weighted by molar-refractivity contribution is 0.0916. The number of hydrogen-bond acceptors (Lipinski definition) is 4. The molecule has 1 aromatic heterocycles. The molecule has 2 heterocycles. The number of carbonyl (C=O) groups excluding carboxylic acids is 1. The first-order valence-electron chi connectivity index (χ1n) is 7.65. The summed E-state index contributed by atoms with van der Waals surface area (Å²) in [6, 6.07) is 0.537. The SMILES string of the molecule is CC1CCN(c2nc3c(s2)C(=O)CC(C)(C)C3)C(C)C1. The molecule has 3 rings (SSSR count). The zero-order valence-electron chi connectivity index (χ0n) is 12.9. The van der Waals surface area contributed by atoms with Crippen LogP contribution in [0.1, 0.15) is 62.3 Å². The second-order valence-corrected chi connectivity index (χ2v) is 8.36. The molecule has 1 saturated heterocycles. The van der Waals surface area contributed by atoms with Crippen molar-refractivity contribution in [3.63, 3.8) is 0 Å². The summed E-state index contributed by atoms with van der Waals surface area (Å²) in [5.41, 5.74) is 1.11. The number of thiazole rings is 1. The van der Waals surface area contributed by atoms with Crippen LogP contribution in [0.3, 0.4) is 0 Å². The quantitative estimate of drug-likeness (QED) is 0.786. The largest absolute Gasteiger partial charge is 0.345 e. The molecule has 0 N–H and O–H groups in total. The summed E-state index contributed by atoms with van der Waals surface area (Å²) in [5.74, 6) is 1.09. The second kappa shape index (κ2) is 4.83. The molecule has 0 aromatic carbocycles. The van der Waals surface area contributed by atoms with Gasteiger partial charge in [-0.05, 0) is 37.5 Å². The van der Waals surface area contributed by atoms with Crippen LogP contribution in [0, 0.1) is 11.3 Å². The Balaban J connectivity index is 1.88. The number of fused-ring (bicyclic) bond motifs is 1. The number of ketones is 1. The van der Waals surface area contributed by atoms with Crippen LogP contribution in [0.4, 0.5) is 5.13 Å². The molecule has 0 saturated carbocycles. The molecular weight excluding hydrogens is 268 g/mol. The summed E-state index contributed by atoms with van der Waals surface area (Å²) in [6.45, 7) is 10.0. The maximum absolute atomic E-state index is 12.3. The smallest absolute Gasteiger partial charge is 0.186 e. The monoisotopic (exact) mass is 292 g/mol. The van der Waals surface area contributed by atoms with Crippen molar-refractivity contribution in [2.75, 3.05) is 11.4 Å². The van der Waals surface area contributed by atoms with Gasteiger partial charge in [-0.1, -0.05) is 32.1 Å². The summed E-state index contributed by atoms with van der Waals surface area (Å²) in [5, 5.41) is 1.07. The number of piperidine rings is 1. The van der Waals surface area contributed by atoms with Crippen molar-refractivity contribution in [1.82, 2.24) is 4.98 Å². The third kappa shape index (κ3) is 2.50. The van der Waals surface area contributed by atoms with E-state index in [-0.39, 0.29) is 11.2 Å². The number of anilines is 1. The van der Waals surface area contributed by atoms with E-state index in [0.717, 1.165) is 34.6 Å². The van der Waals surface area contributed by atoms with Crippen LogP contribution in [-0.2, 0) is 6.42 Å². The fraction of sp³-hybridized carbons (Fsp3) is 0.750. The average Bonchev–Trinajstić information content (AvgIpc) is 2.70. The van der Waals surface area contributed by atoms with Crippen molar-refractivity contribution in [2.45, 2.75) is 59.4 Å². The molecule has 3 nitrogen and oxygen atoms in total. The number of rotatable bonds is 1. The Morgan fingerprint density at radius 3 is 2.75 bits per heavy atom. The Morgan fingerprint density at radius 1 is 1.30 bits per heavy atom. The van der Waals surface area contributed by atoms with Gasteiger partial charge in [0.15, 0.2) is 10.9 Å². The van der Waals surface area contributed by atoms with E-state index in [2.05, 4.69) is 32.6 Å². The molecule has 0 amide bonds. The highest BCUT2D eigenvalue weighted by molar-refractivity contribution is 7.17. The van der Waals surface area contributed by atoms with Crippen molar-refractivity contribution < 1.29 is 4.79 Å². The molecule has 1 aromatic rings. The Kier molecular flexibility index (Phi) is 3.39. The summed E-state index contributed by atoms with van der Waals surface area (Å²) < 4.78 is 0. The van der Waals surface area contributed by atoms with E-state index in [1.807, 2.05) is 0 Å². The van der Waals surface area contributed by atoms with E-state index in [1.165, 1.54) is 12.8 Å². The molecular formula is C16H24N2OS. The number of carbonyl (C=O) groups is 1. The standard InChI is InChI=1S/C16H24N2OS/c1-10-5-6-18(11(2)7-10)15-17-12-8-16(3,4)9-13(19)14(12)20-15/h10-11H,5-9H2,1-4H3. The number of Topliss-reactive ketones (excluding diaryl/α,β-unsaturated/α-hetero) is 1. The van der Waals surface area contributed by atoms with Crippen molar-refractivity contribution >= 4 is 22.3 Å². The lowest BCUT2D eigenvalue weighted by Crippen LogP contribution is -2.40. The molecule has 0 bridgehead atoms. The minimum absolute atomic E-state index is 0.0669. The highest BCUT2D eigenvalue weighted by atomic mass is 32.1. The summed E-state index contributed by atoms with van der Waals surface area (Å²) in [6.07, 6.45) is 4.05. The molecule has 2 unspecified atom stereocenters. The van der Waals surface area contributed by atoms with Crippen LogP contribution < -0.4 is 4.90 Å². The first-order valence-corrected chi connectivity index (χ1v) is 8.47. The fourth-order valence-corrected chi connectivity index (χ4v) is 4.67. The third-order valence-corrected chi connectivity index (χ3v) is 5.78. The van der Waals surface area contributed by atoms with Crippen LogP contribution in [0.15, 0.2) is 0 Å². The summed E-state index contributed by atoms with van der Waals surface area (Å²) in [4.78, 5) is 20.4. The lowest BCUT2D eigenvalue weighted by atomic mass is 9.78. The number of aromatic nitrogens is 1. The second-order valence-electron chi connectivity index (χ2n) is 7.39. The van der Waals surface area contributed by atoms with Gasteiger partial charge in [-0.2, -0.15) is 0 Å². The van der Waals surface area contributed by atoms with Crippen LogP contribution >= 0.6 is 11.3 Å². The maximum atomic E-state index is 12.3. The predicted molar refractivity (Wildman–Crippen MR) is 83.8 cm³/mol. The van der Waals surface area contributed by atoms with E-state index in [4.69, 9.17) is 4.98 Å². The molecule has 0 radical (unpaired) electrons. The van der Waals surface area contributed by atoms with Crippen molar-refractivity contribution in [3.05, 3.63) is 10.6 Å². The minimum Gasteiger partial charge on any atom is -0.345 e. The van der Waals surface area contributed by atoms with Crippen LogP contribution in [0.2, 0.25) is 0 Å². The first kappa shape index (κ1) is 14.1. The van der Waals surface area contributed by atoms with Gasteiger partial charge in [-0.3, -0.25) is 4.79 Å². The highest BCUT2D eigenvalue weighted by Crippen LogP contribution is 2.40. The topological polar surface area (TPSA) is 33.2 Å². The van der Waals surface area contributed by atoms with Crippen LogP contribution in [0.25, 0.3) is 0 Å². The zero-order chi connectivity index (χ0) is 14.5. The van der Waals surface area contributed by atoms with Gasteiger partial charge in [0.05, 0.1) is 10.6 Å². The molecule has 1 aliphatic heterocycles. The van der Waals surface area contributed by atoms with Gasteiger partial charge in [-0.25, -0.2) is 4.98 Å². The van der Waals surface area contributed by atoms with E-state index in [9.17, 15) is 4.79 Å². The van der Waals surface area contributed by atoms with Crippen LogP contribution in [0.5, 0.6) is 0 Å². The number of nitrogens with zero attached hydrogens (tertiary/aromatic N) is 2. The normalized spacial score (nSPS) is 29.4. The molecule has 4 heteroatoms. The zero-order valence-corrected chi connectivity index (χ0v) is 13.7. The molecule has 0 spiro atoms. The van der Waals surface area contributed by atoms with Crippen molar-refractivity contribution in [3.8, 4) is 0 Å². The van der Waals surface area contributed by atoms with Gasteiger partial charge in [0.1, 0.15) is 0 Å². The molecule has 1 fully saturated rings. The third-order valence-electron chi connectivity index (χ3n) is 4.61. The van der Waals surface area contributed by atoms with E-state index in [0.29, 0.717) is 12.5 Å². The molecule has 1 aliphatic carbocycles. The Labute approximate surface area is 125 Å². The van der Waals surface area contributed by atoms with Crippen molar-refractivity contribution in [1.29, 1.82) is 0 Å². The van der Waals surface area contributed by atoms with Gasteiger partial charge in [0, 0.05) is 19.0 Å². The van der Waals surface area contributed by atoms with Crippen molar-refractivity contribution in [2.24, 2.45) is 11.3 Å². The summed E-state index contributed by atoms with van der Waals surface area (Å²) >= 11 is 1.62. The average molecular weight is 292 g/mol. The van der Waals surface area contributed by atoms with Gasteiger partial charge < -0.3 is 4.90 Å². The Morgan fingerprint density at radius 2 is 2.05 bits per heavy atom. The Bertz CT molecular complexity index is 535. The molecule has 110 valence electrons. The van der Waals surface area contributed by atoms with E-state index in [1.54, 1.807) is 11.3 Å². The summed E-state index contributed by atoms with van der Waals surface area (Å²) in [7, 11) is 0. The van der Waals surface area contributed by atoms with Gasteiger partial charge in [0.2, 0.25) is 0 Å². The molecule has 2 atom stereocenters. The van der Waals surface area contributed by atoms with Crippen LogP contribution in [-0.4, -0.2) is 23.4 Å². The van der Waals surface area contributed by atoms with Gasteiger partial charge in [-0.15, -0.1) is 0 Å². The maximum Gasteiger partial charge on any atom is 0.186 e. The van der Waals surface area contributed by atoms with E-state index >= 15 is 0 Å². The Hall–Kier alpha value is -0.900. The first-order chi connectivity index (χ1) is 9.35.